The van der Waals surface area contributed by atoms with Crippen molar-refractivity contribution in [2.24, 2.45) is 0 Å². The number of anilines is 1. The summed E-state index contributed by atoms with van der Waals surface area (Å²) >= 11 is 3.96. The van der Waals surface area contributed by atoms with Gasteiger partial charge in [0.15, 0.2) is 0 Å². The molecule has 4 aliphatic rings. The number of rotatable bonds is 5. The van der Waals surface area contributed by atoms with E-state index < -0.39 is 0 Å². The maximum atomic E-state index is 4.54. The fourth-order valence-corrected chi connectivity index (χ4v) is 18.1. The van der Waals surface area contributed by atoms with Crippen molar-refractivity contribution < 1.29 is 0 Å². The Hall–Kier alpha value is -8.02. The zero-order valence-corrected chi connectivity index (χ0v) is 65.8. The predicted octanol–water partition coefficient (Wildman–Crippen LogP) is 28.1. The van der Waals surface area contributed by atoms with Crippen LogP contribution in [0.3, 0.4) is 0 Å². The highest BCUT2D eigenvalue weighted by Crippen LogP contribution is 2.62. The molecule has 8 bridgehead atoms. The first-order valence-electron chi connectivity index (χ1n) is 36.8. The summed E-state index contributed by atoms with van der Waals surface area (Å²) in [6.07, 6.45) is 5.23. The molecule has 3 aromatic heterocycles. The van der Waals surface area contributed by atoms with Crippen LogP contribution in [0.25, 0.3) is 109 Å². The van der Waals surface area contributed by atoms with Crippen LogP contribution in [-0.2, 0) is 43.3 Å². The summed E-state index contributed by atoms with van der Waals surface area (Å²) in [6, 6.07) is 64.0. The quantitative estimate of drug-likeness (QED) is 0.177. The van der Waals surface area contributed by atoms with Crippen LogP contribution < -0.4 is 5.32 Å². The second-order valence-corrected chi connectivity index (χ2v) is 40.4. The van der Waals surface area contributed by atoms with Crippen molar-refractivity contribution in [1.82, 2.24) is 4.98 Å². The lowest BCUT2D eigenvalue weighted by atomic mass is 9.68. The summed E-state index contributed by atoms with van der Waals surface area (Å²) in [5.41, 5.74) is 35.5. The van der Waals surface area contributed by atoms with Crippen LogP contribution in [0.1, 0.15) is 244 Å². The molecule has 0 spiro atoms. The third-order valence-corrected chi connectivity index (χ3v) is 24.7. The molecule has 0 radical (unpaired) electrons. The lowest BCUT2D eigenvalue weighted by molar-refractivity contribution is 0.568. The zero-order chi connectivity index (χ0) is 71.4. The van der Waals surface area contributed by atoms with Gasteiger partial charge in [-0.1, -0.05) is 269 Å². The third kappa shape index (κ3) is 11.9. The van der Waals surface area contributed by atoms with Crippen LogP contribution in [0.15, 0.2) is 169 Å². The van der Waals surface area contributed by atoms with Gasteiger partial charge in [0.2, 0.25) is 0 Å². The van der Waals surface area contributed by atoms with Crippen molar-refractivity contribution in [3.05, 3.63) is 241 Å². The van der Waals surface area contributed by atoms with Gasteiger partial charge in [0.1, 0.15) is 0 Å². The van der Waals surface area contributed by atoms with Crippen LogP contribution in [0, 0.1) is 0 Å². The molecule has 15 rings (SSSR count). The van der Waals surface area contributed by atoms with Gasteiger partial charge in [0, 0.05) is 58.5 Å². The Labute approximate surface area is 606 Å². The molecule has 510 valence electrons. The molecule has 8 aromatic carbocycles. The number of thiophene rings is 2. The van der Waals surface area contributed by atoms with Crippen molar-refractivity contribution in [3.63, 3.8) is 0 Å². The summed E-state index contributed by atoms with van der Waals surface area (Å²) in [5.74, 6) is -0.0530. The normalized spacial score (nSPS) is 16.4. The number of aromatic nitrogens is 1. The van der Waals surface area contributed by atoms with Crippen molar-refractivity contribution in [2.75, 3.05) is 5.32 Å². The number of H-pyrrole nitrogens is 1. The standard InChI is InChI=1S/C96H104N2S2/c1-89(2,3)62-32-54(33-63(48-62)90(4,5)6)57-40-72-73-41-59(56-36-66(93(13,14)15)50-67(37-56)94(16,17)18)45-78-81-47-61-46-70(53-28-26-25-27-29-53)82-71(60-38-68(95(19,20)21)51-69(39-60)96(22,23)24)52-75-74-42-58(55-34-64(91(7,8)9)49-65(35-55)92(10,11)12)44-77(85(74)98-87(75)83(82)88(61)100-81)80-31-30-79(99-80)76(43-57)84(72)97-86(73)78/h25-52,83,87,97-98H,1-24H3. The van der Waals surface area contributed by atoms with E-state index in [9.17, 15) is 0 Å². The van der Waals surface area contributed by atoms with Crippen molar-refractivity contribution in [3.8, 4) is 64.7 Å². The average molecular weight is 1350 g/mol. The van der Waals surface area contributed by atoms with Gasteiger partial charge >= 0.3 is 0 Å². The molecule has 2 aliphatic heterocycles. The van der Waals surface area contributed by atoms with E-state index in [-0.39, 0.29) is 55.3 Å². The van der Waals surface area contributed by atoms with Crippen LogP contribution >= 0.6 is 22.7 Å². The van der Waals surface area contributed by atoms with Gasteiger partial charge in [0.05, 0.1) is 22.8 Å². The third-order valence-electron chi connectivity index (χ3n) is 22.3. The fraction of sp³-hybridized carbons (Fsp3) is 0.354. The molecule has 4 heteroatoms. The van der Waals surface area contributed by atoms with E-state index in [0.717, 1.165) is 0 Å². The minimum atomic E-state index is -0.0899. The number of fused-ring (bicyclic) bond motifs is 8. The van der Waals surface area contributed by atoms with Gasteiger partial charge < -0.3 is 10.3 Å². The summed E-state index contributed by atoms with van der Waals surface area (Å²) in [5, 5.41) is 7.02. The SMILES string of the molecule is CC(C)(C)c1cc(C2=C3C(c4ccccc4)=Cc4cc5sc4C3C3Nc4c(cc(-c6cc(C(C)(C)C)cc(C(C)(C)C)c6)cc4-c4ccc(s4)-c4cc(-c6cc(C(C)(C)C)cc(C(C)(C)C)c6)cc6c4[nH]c4c-5cc(-c5cc(C(C)(C)C)cc(C(C)(C)C)c5)cc46)C3=C2)cc(C(C)(C)C)c1. The molecular weight excluding hydrogens is 1250 g/mol. The molecule has 2 unspecified atom stereocenters. The highest BCUT2D eigenvalue weighted by molar-refractivity contribution is 7.19. The van der Waals surface area contributed by atoms with Gasteiger partial charge in [-0.15, -0.1) is 22.7 Å². The molecule has 0 amide bonds. The largest absolute Gasteiger partial charge is 0.376 e. The molecule has 100 heavy (non-hydrogen) atoms. The summed E-state index contributed by atoms with van der Waals surface area (Å²) in [4.78, 5) is 9.51. The second kappa shape index (κ2) is 22.7. The summed E-state index contributed by atoms with van der Waals surface area (Å²) < 4.78 is 0. The molecule has 0 saturated carbocycles. The molecule has 11 aromatic rings. The Kier molecular flexibility index (Phi) is 15.4. The van der Waals surface area contributed by atoms with Gasteiger partial charge in [-0.25, -0.2) is 0 Å². The first kappa shape index (κ1) is 67.8. The molecule has 2 nitrogen and oxygen atoms in total. The minimum absolute atomic E-state index is 0.0530. The topological polar surface area (TPSA) is 27.8 Å². The van der Waals surface area contributed by atoms with E-state index in [1.165, 1.54) is 186 Å². The van der Waals surface area contributed by atoms with E-state index in [0.29, 0.717) is 0 Å². The summed E-state index contributed by atoms with van der Waals surface area (Å²) in [7, 11) is 0. The molecule has 0 saturated heterocycles. The second-order valence-electron chi connectivity index (χ2n) is 38.2. The maximum absolute atomic E-state index is 4.54. The van der Waals surface area contributed by atoms with Gasteiger partial charge in [-0.3, -0.25) is 0 Å². The smallest absolute Gasteiger partial charge is 0.0638 e. The molecule has 2 N–H and O–H groups in total. The Bertz CT molecular complexity index is 5190. The number of benzene rings is 8. The predicted molar refractivity (Wildman–Crippen MR) is 440 cm³/mol. The molecule has 5 heterocycles. The lowest BCUT2D eigenvalue weighted by Gasteiger charge is -2.38. The van der Waals surface area contributed by atoms with Crippen LogP contribution in [0.5, 0.6) is 0 Å². The fourth-order valence-electron chi connectivity index (χ4n) is 15.7. The van der Waals surface area contributed by atoms with Crippen molar-refractivity contribution in [1.29, 1.82) is 0 Å². The Morgan fingerprint density at radius 2 is 0.670 bits per heavy atom. The first-order valence-corrected chi connectivity index (χ1v) is 38.4. The molecular formula is C96H104N2S2. The van der Waals surface area contributed by atoms with Crippen molar-refractivity contribution >= 4 is 73.0 Å². The van der Waals surface area contributed by atoms with Gasteiger partial charge in [-0.2, -0.15) is 0 Å². The van der Waals surface area contributed by atoms with E-state index in [2.05, 4.69) is 346 Å². The minimum Gasteiger partial charge on any atom is -0.376 e. The van der Waals surface area contributed by atoms with Gasteiger partial charge in [-0.05, 0) is 227 Å². The summed E-state index contributed by atoms with van der Waals surface area (Å²) in [6.45, 7) is 56.9. The van der Waals surface area contributed by atoms with Crippen molar-refractivity contribution in [2.45, 2.75) is 221 Å². The van der Waals surface area contributed by atoms with E-state index in [1.54, 1.807) is 0 Å². The zero-order valence-electron chi connectivity index (χ0n) is 64.1. The lowest BCUT2D eigenvalue weighted by Crippen LogP contribution is -2.30. The first-order chi connectivity index (χ1) is 46.5. The van der Waals surface area contributed by atoms with E-state index in [4.69, 9.17) is 0 Å². The Morgan fingerprint density at radius 3 is 1.09 bits per heavy atom. The average Bonchev–Trinajstić information content (AvgIpc) is 1.50. The van der Waals surface area contributed by atoms with E-state index >= 15 is 0 Å². The molecule has 2 atom stereocenters. The maximum Gasteiger partial charge on any atom is 0.0638 e. The molecule has 0 fully saturated rings. The van der Waals surface area contributed by atoms with Crippen LogP contribution in [0.2, 0.25) is 0 Å². The number of allylic oxidation sites excluding steroid dienone is 3. The molecule has 2 aliphatic carbocycles. The number of aromatic amines is 1. The Morgan fingerprint density at radius 1 is 0.310 bits per heavy atom. The highest BCUT2D eigenvalue weighted by Gasteiger charge is 2.46. The Balaban J connectivity index is 1.12. The monoisotopic (exact) mass is 1350 g/mol. The number of nitrogens with one attached hydrogen (secondary N) is 2. The number of hydrogen-bond acceptors (Lipinski definition) is 3. The van der Waals surface area contributed by atoms with Crippen LogP contribution in [-0.4, -0.2) is 11.0 Å². The van der Waals surface area contributed by atoms with E-state index in [1.807, 2.05) is 22.7 Å². The highest BCUT2D eigenvalue weighted by atomic mass is 32.1. The number of hydrogen-bond donors (Lipinski definition) is 2. The van der Waals surface area contributed by atoms with Crippen LogP contribution in [0.4, 0.5) is 5.69 Å². The van der Waals surface area contributed by atoms with Gasteiger partial charge in [0.25, 0.3) is 0 Å².